The van der Waals surface area contributed by atoms with Gasteiger partial charge in [-0.1, -0.05) is 0 Å². The maximum Gasteiger partial charge on any atom is 0.420 e. The second-order valence-electron chi connectivity index (χ2n) is 3.94. The van der Waals surface area contributed by atoms with Crippen LogP contribution in [0.25, 0.3) is 11.1 Å². The normalized spacial score (nSPS) is 11.8. The SMILES string of the molecule is CCOC(=O)Cn1c(=O)oc2ccc(C(F)(F)F)cc21. The number of benzene rings is 1. The summed E-state index contributed by atoms with van der Waals surface area (Å²) in [6, 6.07) is 2.61. The molecule has 0 aliphatic carbocycles. The second-order valence-corrected chi connectivity index (χ2v) is 3.94. The zero-order chi connectivity index (χ0) is 14.9. The predicted molar refractivity (Wildman–Crippen MR) is 62.1 cm³/mol. The molecule has 0 N–H and O–H groups in total. The van der Waals surface area contributed by atoms with E-state index in [0.717, 1.165) is 22.8 Å². The second kappa shape index (κ2) is 5.03. The van der Waals surface area contributed by atoms with Crippen molar-refractivity contribution < 1.29 is 27.1 Å². The Hall–Kier alpha value is -2.25. The maximum absolute atomic E-state index is 12.6. The van der Waals surface area contributed by atoms with Crippen LogP contribution in [0.15, 0.2) is 27.4 Å². The highest BCUT2D eigenvalue weighted by atomic mass is 19.4. The zero-order valence-electron chi connectivity index (χ0n) is 10.4. The third-order valence-corrected chi connectivity index (χ3v) is 2.59. The van der Waals surface area contributed by atoms with Crippen LogP contribution < -0.4 is 5.76 Å². The zero-order valence-corrected chi connectivity index (χ0v) is 10.4. The first-order valence-corrected chi connectivity index (χ1v) is 5.69. The van der Waals surface area contributed by atoms with Crippen molar-refractivity contribution in [1.29, 1.82) is 0 Å². The molecule has 20 heavy (non-hydrogen) atoms. The third-order valence-electron chi connectivity index (χ3n) is 2.59. The van der Waals surface area contributed by atoms with E-state index in [9.17, 15) is 22.8 Å². The van der Waals surface area contributed by atoms with Gasteiger partial charge in [0.1, 0.15) is 6.54 Å². The molecule has 1 aromatic heterocycles. The molecule has 0 radical (unpaired) electrons. The van der Waals surface area contributed by atoms with E-state index in [1.165, 1.54) is 0 Å². The number of ether oxygens (including phenoxy) is 1. The number of esters is 1. The number of alkyl halides is 3. The lowest BCUT2D eigenvalue weighted by atomic mass is 10.2. The number of oxazole rings is 1. The summed E-state index contributed by atoms with van der Waals surface area (Å²) in [5.74, 6) is -1.64. The Bertz CT molecular complexity index is 699. The van der Waals surface area contributed by atoms with Gasteiger partial charge in [-0.25, -0.2) is 4.79 Å². The molecule has 0 amide bonds. The van der Waals surface area contributed by atoms with E-state index in [1.54, 1.807) is 6.92 Å². The van der Waals surface area contributed by atoms with Gasteiger partial charge in [-0.15, -0.1) is 0 Å². The number of carbonyl (C=O) groups is 1. The molecule has 2 rings (SSSR count). The summed E-state index contributed by atoms with van der Waals surface area (Å²) in [7, 11) is 0. The monoisotopic (exact) mass is 289 g/mol. The molecular formula is C12H10F3NO4. The van der Waals surface area contributed by atoms with Crippen molar-refractivity contribution in [2.24, 2.45) is 0 Å². The summed E-state index contributed by atoms with van der Waals surface area (Å²) in [5.41, 5.74) is -1.05. The van der Waals surface area contributed by atoms with Crippen LogP contribution >= 0.6 is 0 Å². The summed E-state index contributed by atoms with van der Waals surface area (Å²) >= 11 is 0. The Balaban J connectivity index is 2.50. The third kappa shape index (κ3) is 2.68. The molecule has 1 heterocycles. The summed E-state index contributed by atoms with van der Waals surface area (Å²) in [6.07, 6.45) is -4.55. The minimum Gasteiger partial charge on any atom is -0.465 e. The van der Waals surface area contributed by atoms with Gasteiger partial charge in [0.25, 0.3) is 0 Å². The van der Waals surface area contributed by atoms with Crippen molar-refractivity contribution in [1.82, 2.24) is 4.57 Å². The summed E-state index contributed by atoms with van der Waals surface area (Å²) in [6.45, 7) is 1.19. The van der Waals surface area contributed by atoms with E-state index in [1.807, 2.05) is 0 Å². The van der Waals surface area contributed by atoms with Crippen molar-refractivity contribution in [3.8, 4) is 0 Å². The highest BCUT2D eigenvalue weighted by Gasteiger charge is 2.31. The van der Waals surface area contributed by atoms with Crippen LogP contribution in [0.5, 0.6) is 0 Å². The van der Waals surface area contributed by atoms with Gasteiger partial charge in [-0.2, -0.15) is 13.2 Å². The van der Waals surface area contributed by atoms with E-state index >= 15 is 0 Å². The standard InChI is InChI=1S/C12H10F3NO4/c1-2-19-10(17)6-16-8-5-7(12(13,14)15)3-4-9(8)20-11(16)18/h3-5H,2,6H2,1H3. The number of aromatic nitrogens is 1. The molecule has 0 unspecified atom stereocenters. The fourth-order valence-corrected chi connectivity index (χ4v) is 1.72. The van der Waals surface area contributed by atoms with Crippen molar-refractivity contribution >= 4 is 17.1 Å². The van der Waals surface area contributed by atoms with E-state index < -0.39 is 30.0 Å². The number of carbonyl (C=O) groups excluding carboxylic acids is 1. The number of halogens is 3. The van der Waals surface area contributed by atoms with Gasteiger partial charge >= 0.3 is 17.9 Å². The van der Waals surface area contributed by atoms with Crippen molar-refractivity contribution in [2.45, 2.75) is 19.6 Å². The lowest BCUT2D eigenvalue weighted by Crippen LogP contribution is -2.21. The Morgan fingerprint density at radius 2 is 2.10 bits per heavy atom. The van der Waals surface area contributed by atoms with E-state index in [4.69, 9.17) is 4.42 Å². The largest absolute Gasteiger partial charge is 0.465 e. The Morgan fingerprint density at radius 1 is 1.40 bits per heavy atom. The summed E-state index contributed by atoms with van der Waals surface area (Å²) in [5, 5.41) is 0. The molecule has 108 valence electrons. The highest BCUT2D eigenvalue weighted by molar-refractivity contribution is 5.77. The molecule has 0 spiro atoms. The van der Waals surface area contributed by atoms with E-state index in [-0.39, 0.29) is 17.7 Å². The number of hydrogen-bond donors (Lipinski definition) is 0. The van der Waals surface area contributed by atoms with Crippen LogP contribution in [0.3, 0.4) is 0 Å². The van der Waals surface area contributed by atoms with Gasteiger partial charge in [-0.3, -0.25) is 9.36 Å². The average Bonchev–Trinajstić information content (AvgIpc) is 2.64. The van der Waals surface area contributed by atoms with Crippen molar-refractivity contribution in [3.05, 3.63) is 34.3 Å². The van der Waals surface area contributed by atoms with E-state index in [0.29, 0.717) is 0 Å². The van der Waals surface area contributed by atoms with Crippen LogP contribution in [-0.4, -0.2) is 17.1 Å². The maximum atomic E-state index is 12.6. The van der Waals surface area contributed by atoms with Crippen LogP contribution in [-0.2, 0) is 22.3 Å². The Morgan fingerprint density at radius 3 is 2.70 bits per heavy atom. The van der Waals surface area contributed by atoms with Crippen molar-refractivity contribution in [2.75, 3.05) is 6.61 Å². The lowest BCUT2D eigenvalue weighted by molar-refractivity contribution is -0.143. The smallest absolute Gasteiger partial charge is 0.420 e. The predicted octanol–water partition coefficient (Wildman–Crippen LogP) is 2.18. The number of hydrogen-bond acceptors (Lipinski definition) is 4. The first kappa shape index (κ1) is 14.2. The topological polar surface area (TPSA) is 61.4 Å². The quantitative estimate of drug-likeness (QED) is 0.812. The Labute approximate surface area is 110 Å². The summed E-state index contributed by atoms with van der Waals surface area (Å²) < 4.78 is 48.1. The highest BCUT2D eigenvalue weighted by Crippen LogP contribution is 2.31. The molecule has 0 saturated carbocycles. The molecule has 2 aromatic rings. The molecule has 0 aliphatic heterocycles. The van der Waals surface area contributed by atoms with Crippen LogP contribution in [0.1, 0.15) is 12.5 Å². The molecule has 0 atom stereocenters. The Kier molecular flexibility index (Phi) is 3.56. The van der Waals surface area contributed by atoms with Gasteiger partial charge in [0, 0.05) is 0 Å². The number of fused-ring (bicyclic) bond motifs is 1. The number of nitrogens with zero attached hydrogens (tertiary/aromatic N) is 1. The summed E-state index contributed by atoms with van der Waals surface area (Å²) in [4.78, 5) is 22.9. The molecule has 0 saturated heterocycles. The van der Waals surface area contributed by atoms with Gasteiger partial charge < -0.3 is 9.15 Å². The molecule has 0 bridgehead atoms. The molecule has 1 aromatic carbocycles. The number of rotatable bonds is 3. The van der Waals surface area contributed by atoms with E-state index in [2.05, 4.69) is 4.74 Å². The molecule has 0 aliphatic rings. The fourth-order valence-electron chi connectivity index (χ4n) is 1.72. The minimum atomic E-state index is -4.55. The lowest BCUT2D eigenvalue weighted by Gasteiger charge is -2.07. The van der Waals surface area contributed by atoms with Crippen LogP contribution in [0.4, 0.5) is 13.2 Å². The van der Waals surface area contributed by atoms with Gasteiger partial charge in [0.05, 0.1) is 17.7 Å². The van der Waals surface area contributed by atoms with Crippen LogP contribution in [0.2, 0.25) is 0 Å². The van der Waals surface area contributed by atoms with Gasteiger partial charge in [0.2, 0.25) is 0 Å². The molecule has 8 heteroatoms. The molecule has 0 fully saturated rings. The van der Waals surface area contributed by atoms with Crippen molar-refractivity contribution in [3.63, 3.8) is 0 Å². The fraction of sp³-hybridized carbons (Fsp3) is 0.333. The minimum absolute atomic E-state index is 0.0210. The van der Waals surface area contributed by atoms with Gasteiger partial charge in [-0.05, 0) is 25.1 Å². The molecule has 5 nitrogen and oxygen atoms in total. The first-order valence-electron chi connectivity index (χ1n) is 5.69. The average molecular weight is 289 g/mol. The molecular weight excluding hydrogens is 279 g/mol. The first-order chi connectivity index (χ1) is 9.32. The van der Waals surface area contributed by atoms with Crippen LogP contribution in [0, 0.1) is 0 Å². The van der Waals surface area contributed by atoms with Gasteiger partial charge in [0.15, 0.2) is 5.58 Å².